The van der Waals surface area contributed by atoms with Gasteiger partial charge in [-0.15, -0.1) is 0 Å². The SMILES string of the molecule is COc1cc(CNc2ccc(CC#N)cc2)cc(Br)c1O. The van der Waals surface area contributed by atoms with Gasteiger partial charge in [0.15, 0.2) is 11.5 Å². The second-order valence-electron chi connectivity index (χ2n) is 4.51. The lowest BCUT2D eigenvalue weighted by Crippen LogP contribution is -2.00. The normalized spacial score (nSPS) is 9.95. The van der Waals surface area contributed by atoms with E-state index in [4.69, 9.17) is 10.00 Å². The lowest BCUT2D eigenvalue weighted by molar-refractivity contribution is 0.371. The minimum atomic E-state index is 0.0992. The van der Waals surface area contributed by atoms with Crippen LogP contribution in [0.1, 0.15) is 11.1 Å². The van der Waals surface area contributed by atoms with Gasteiger partial charge in [-0.25, -0.2) is 0 Å². The van der Waals surface area contributed by atoms with E-state index in [1.807, 2.05) is 30.3 Å². The van der Waals surface area contributed by atoms with Crippen LogP contribution in [0.3, 0.4) is 0 Å². The van der Waals surface area contributed by atoms with Crippen molar-refractivity contribution in [3.8, 4) is 17.6 Å². The van der Waals surface area contributed by atoms with Crippen molar-refractivity contribution in [3.05, 3.63) is 52.0 Å². The molecule has 2 N–H and O–H groups in total. The zero-order valence-corrected chi connectivity index (χ0v) is 13.1. The summed E-state index contributed by atoms with van der Waals surface area (Å²) in [4.78, 5) is 0. The molecule has 0 aromatic heterocycles. The number of ether oxygens (including phenoxy) is 1. The number of halogens is 1. The van der Waals surface area contributed by atoms with Gasteiger partial charge in [0.1, 0.15) is 0 Å². The summed E-state index contributed by atoms with van der Waals surface area (Å²) >= 11 is 3.30. The van der Waals surface area contributed by atoms with Crippen LogP contribution in [-0.2, 0) is 13.0 Å². The molecule has 0 aliphatic rings. The van der Waals surface area contributed by atoms with Crippen molar-refractivity contribution in [2.75, 3.05) is 12.4 Å². The van der Waals surface area contributed by atoms with Gasteiger partial charge in [-0.3, -0.25) is 0 Å². The standard InChI is InChI=1S/C16H15BrN2O2/c1-21-15-9-12(8-14(17)16(15)20)10-19-13-4-2-11(3-5-13)6-7-18/h2-5,8-9,19-20H,6,10H2,1H3. The summed E-state index contributed by atoms with van der Waals surface area (Å²) in [6.45, 7) is 0.604. The Bertz CT molecular complexity index is 663. The minimum Gasteiger partial charge on any atom is -0.503 e. The highest BCUT2D eigenvalue weighted by Gasteiger charge is 2.08. The Morgan fingerprint density at radius 2 is 1.95 bits per heavy atom. The summed E-state index contributed by atoms with van der Waals surface area (Å²) in [6.07, 6.45) is 0.419. The number of phenols is 1. The van der Waals surface area contributed by atoms with Gasteiger partial charge in [0.05, 0.1) is 24.1 Å². The molecule has 0 bridgehead atoms. The molecule has 0 fully saturated rings. The molecule has 2 aromatic carbocycles. The predicted molar refractivity (Wildman–Crippen MR) is 85.4 cm³/mol. The van der Waals surface area contributed by atoms with Gasteiger partial charge >= 0.3 is 0 Å². The molecule has 21 heavy (non-hydrogen) atoms. The number of nitrogens with zero attached hydrogens (tertiary/aromatic N) is 1. The van der Waals surface area contributed by atoms with Crippen molar-refractivity contribution in [2.24, 2.45) is 0 Å². The fraction of sp³-hybridized carbons (Fsp3) is 0.188. The summed E-state index contributed by atoms with van der Waals surface area (Å²) in [5.74, 6) is 0.535. The number of phenolic OH excluding ortho intramolecular Hbond substituents is 1. The summed E-state index contributed by atoms with van der Waals surface area (Å²) in [5.41, 5.74) is 2.95. The van der Waals surface area contributed by atoms with Crippen LogP contribution >= 0.6 is 15.9 Å². The summed E-state index contributed by atoms with van der Waals surface area (Å²) in [5, 5.41) is 21.7. The molecule has 4 nitrogen and oxygen atoms in total. The van der Waals surface area contributed by atoms with Gasteiger partial charge < -0.3 is 15.2 Å². The lowest BCUT2D eigenvalue weighted by Gasteiger charge is -2.11. The smallest absolute Gasteiger partial charge is 0.172 e. The minimum absolute atomic E-state index is 0.0992. The molecule has 0 saturated heterocycles. The number of nitriles is 1. The number of rotatable bonds is 5. The maximum absolute atomic E-state index is 9.77. The Balaban J connectivity index is 2.06. The summed E-state index contributed by atoms with van der Waals surface area (Å²) < 4.78 is 5.72. The number of anilines is 1. The van der Waals surface area contributed by atoms with Gasteiger partial charge in [-0.05, 0) is 51.3 Å². The Hall–Kier alpha value is -2.19. The first-order chi connectivity index (χ1) is 10.1. The average Bonchev–Trinajstić information content (AvgIpc) is 2.50. The molecule has 0 aliphatic carbocycles. The van der Waals surface area contributed by atoms with Crippen LogP contribution in [0.4, 0.5) is 5.69 Å². The second-order valence-corrected chi connectivity index (χ2v) is 5.37. The van der Waals surface area contributed by atoms with Crippen LogP contribution in [0.25, 0.3) is 0 Å². The van der Waals surface area contributed by atoms with E-state index in [9.17, 15) is 5.11 Å². The molecule has 0 atom stereocenters. The third-order valence-corrected chi connectivity index (χ3v) is 3.65. The van der Waals surface area contributed by atoms with Gasteiger partial charge in [0.25, 0.3) is 0 Å². The summed E-state index contributed by atoms with van der Waals surface area (Å²) in [6, 6.07) is 13.5. The number of methoxy groups -OCH3 is 1. The van der Waals surface area contributed by atoms with Crippen molar-refractivity contribution in [3.63, 3.8) is 0 Å². The van der Waals surface area contributed by atoms with E-state index in [1.165, 1.54) is 7.11 Å². The van der Waals surface area contributed by atoms with Crippen molar-refractivity contribution in [1.29, 1.82) is 5.26 Å². The third kappa shape index (κ3) is 3.89. The highest BCUT2D eigenvalue weighted by Crippen LogP contribution is 2.35. The van der Waals surface area contributed by atoms with Crippen LogP contribution in [0.5, 0.6) is 11.5 Å². The quantitative estimate of drug-likeness (QED) is 0.863. The van der Waals surface area contributed by atoms with Gasteiger partial charge in [0.2, 0.25) is 0 Å². The number of benzene rings is 2. The average molecular weight is 347 g/mol. The fourth-order valence-electron chi connectivity index (χ4n) is 1.92. The highest BCUT2D eigenvalue weighted by atomic mass is 79.9. The molecule has 0 saturated carbocycles. The monoisotopic (exact) mass is 346 g/mol. The molecule has 108 valence electrons. The molecule has 0 heterocycles. The number of hydrogen-bond donors (Lipinski definition) is 2. The molecule has 2 rings (SSSR count). The Labute approximate surface area is 132 Å². The lowest BCUT2D eigenvalue weighted by atomic mass is 10.1. The van der Waals surface area contributed by atoms with E-state index in [1.54, 1.807) is 6.07 Å². The van der Waals surface area contributed by atoms with Gasteiger partial charge in [0, 0.05) is 12.2 Å². The van der Waals surface area contributed by atoms with Gasteiger partial charge in [-0.2, -0.15) is 5.26 Å². The molecule has 0 spiro atoms. The van der Waals surface area contributed by atoms with Crippen molar-refractivity contribution in [2.45, 2.75) is 13.0 Å². The maximum Gasteiger partial charge on any atom is 0.172 e. The van der Waals surface area contributed by atoms with Crippen LogP contribution < -0.4 is 10.1 Å². The second kappa shape index (κ2) is 7.00. The topological polar surface area (TPSA) is 65.3 Å². The highest BCUT2D eigenvalue weighted by molar-refractivity contribution is 9.10. The Morgan fingerprint density at radius 1 is 1.24 bits per heavy atom. The Kier molecular flexibility index (Phi) is 5.07. The van der Waals surface area contributed by atoms with E-state index in [0.29, 0.717) is 23.2 Å². The predicted octanol–water partition coefficient (Wildman–Crippen LogP) is 3.84. The van der Waals surface area contributed by atoms with E-state index in [2.05, 4.69) is 27.3 Å². The Morgan fingerprint density at radius 3 is 2.57 bits per heavy atom. The molecule has 0 amide bonds. The zero-order chi connectivity index (χ0) is 15.2. The molecule has 2 aromatic rings. The largest absolute Gasteiger partial charge is 0.503 e. The van der Waals surface area contributed by atoms with Crippen molar-refractivity contribution < 1.29 is 9.84 Å². The third-order valence-electron chi connectivity index (χ3n) is 3.04. The molecule has 0 radical (unpaired) electrons. The number of aromatic hydroxyl groups is 1. The number of hydrogen-bond acceptors (Lipinski definition) is 4. The maximum atomic E-state index is 9.77. The van der Waals surface area contributed by atoms with Crippen molar-refractivity contribution >= 4 is 21.6 Å². The van der Waals surface area contributed by atoms with Gasteiger partial charge in [-0.1, -0.05) is 12.1 Å². The first kappa shape index (κ1) is 15.2. The molecule has 0 unspecified atom stereocenters. The molecular weight excluding hydrogens is 332 g/mol. The zero-order valence-electron chi connectivity index (χ0n) is 11.6. The molecular formula is C16H15BrN2O2. The van der Waals surface area contributed by atoms with Crippen LogP contribution in [0, 0.1) is 11.3 Å². The van der Waals surface area contributed by atoms with E-state index >= 15 is 0 Å². The number of nitrogens with one attached hydrogen (secondary N) is 1. The molecule has 5 heteroatoms. The van der Waals surface area contributed by atoms with Crippen molar-refractivity contribution in [1.82, 2.24) is 0 Å². The molecule has 0 aliphatic heterocycles. The fourth-order valence-corrected chi connectivity index (χ4v) is 2.41. The van der Waals surface area contributed by atoms with E-state index in [0.717, 1.165) is 16.8 Å². The van der Waals surface area contributed by atoms with Crippen LogP contribution in [-0.4, -0.2) is 12.2 Å². The first-order valence-corrected chi connectivity index (χ1v) is 7.18. The first-order valence-electron chi connectivity index (χ1n) is 6.39. The summed E-state index contributed by atoms with van der Waals surface area (Å²) in [7, 11) is 1.52. The van der Waals surface area contributed by atoms with E-state index < -0.39 is 0 Å². The van der Waals surface area contributed by atoms with Crippen LogP contribution in [0.15, 0.2) is 40.9 Å². The van der Waals surface area contributed by atoms with Crippen LogP contribution in [0.2, 0.25) is 0 Å². The van der Waals surface area contributed by atoms with E-state index in [-0.39, 0.29) is 5.75 Å².